The zero-order valence-corrected chi connectivity index (χ0v) is 9.89. The van der Waals surface area contributed by atoms with Gasteiger partial charge in [-0.25, -0.2) is 4.98 Å². The van der Waals surface area contributed by atoms with Gasteiger partial charge in [-0.05, 0) is 30.9 Å². The summed E-state index contributed by atoms with van der Waals surface area (Å²) in [4.78, 5) is 17.3. The second-order valence-electron chi connectivity index (χ2n) is 4.71. The maximum absolute atomic E-state index is 10.6. The second-order valence-corrected chi connectivity index (χ2v) is 4.71. The summed E-state index contributed by atoms with van der Waals surface area (Å²) in [6.07, 6.45) is 4.97. The van der Waals surface area contributed by atoms with E-state index in [1.54, 1.807) is 6.20 Å². The molecule has 1 aromatic rings. The van der Waals surface area contributed by atoms with Gasteiger partial charge in [-0.3, -0.25) is 4.79 Å². The first kappa shape index (κ1) is 11.1. The Hall–Kier alpha value is -1.38. The molecule has 2 heterocycles. The van der Waals surface area contributed by atoms with E-state index in [4.69, 9.17) is 0 Å². The van der Waals surface area contributed by atoms with Crippen molar-refractivity contribution in [2.45, 2.75) is 32.7 Å². The van der Waals surface area contributed by atoms with Crippen LogP contribution in [0.4, 0.5) is 5.82 Å². The first-order valence-electron chi connectivity index (χ1n) is 5.90. The molecule has 86 valence electrons. The van der Waals surface area contributed by atoms with Crippen molar-refractivity contribution in [3.63, 3.8) is 0 Å². The van der Waals surface area contributed by atoms with Crippen LogP contribution >= 0.6 is 0 Å². The summed E-state index contributed by atoms with van der Waals surface area (Å²) in [6.45, 7) is 5.59. The number of anilines is 1. The molecule has 3 nitrogen and oxygen atoms in total. The minimum absolute atomic E-state index is 0.592. The predicted octanol–water partition coefficient (Wildman–Crippen LogP) is 2.52. The van der Waals surface area contributed by atoms with Gasteiger partial charge in [0.15, 0.2) is 6.29 Å². The van der Waals surface area contributed by atoms with Crippen molar-refractivity contribution in [1.29, 1.82) is 0 Å². The molecule has 0 amide bonds. The average molecular weight is 218 g/mol. The summed E-state index contributed by atoms with van der Waals surface area (Å²) in [5, 5.41) is 0. The smallest absolute Gasteiger partial charge is 0.151 e. The van der Waals surface area contributed by atoms with E-state index in [0.29, 0.717) is 17.5 Å². The highest BCUT2D eigenvalue weighted by Gasteiger charge is 2.27. The number of hydrogen-bond donors (Lipinski definition) is 0. The Morgan fingerprint density at radius 3 is 2.88 bits per heavy atom. The molecular formula is C13H18N2O. The molecule has 16 heavy (non-hydrogen) atoms. The summed E-state index contributed by atoms with van der Waals surface area (Å²) >= 11 is 0. The molecule has 1 atom stereocenters. The van der Waals surface area contributed by atoms with E-state index in [1.165, 1.54) is 12.8 Å². The van der Waals surface area contributed by atoms with E-state index in [-0.39, 0.29) is 0 Å². The van der Waals surface area contributed by atoms with Gasteiger partial charge in [-0.2, -0.15) is 0 Å². The van der Waals surface area contributed by atoms with Gasteiger partial charge in [-0.15, -0.1) is 0 Å². The summed E-state index contributed by atoms with van der Waals surface area (Å²) in [5.74, 6) is 1.65. The quantitative estimate of drug-likeness (QED) is 0.731. The number of aldehydes is 1. The molecular weight excluding hydrogens is 200 g/mol. The molecule has 1 fully saturated rings. The molecule has 1 aliphatic rings. The zero-order chi connectivity index (χ0) is 11.5. The molecule has 2 rings (SSSR count). The summed E-state index contributed by atoms with van der Waals surface area (Å²) in [5.41, 5.74) is 0.643. The van der Waals surface area contributed by atoms with Gasteiger partial charge >= 0.3 is 0 Å². The molecule has 1 aliphatic heterocycles. The van der Waals surface area contributed by atoms with Crippen LogP contribution in [0.25, 0.3) is 0 Å². The Kier molecular flexibility index (Phi) is 3.22. The first-order valence-corrected chi connectivity index (χ1v) is 5.90. The molecule has 1 saturated heterocycles. The number of hydrogen-bond acceptors (Lipinski definition) is 3. The van der Waals surface area contributed by atoms with E-state index < -0.39 is 0 Å². The van der Waals surface area contributed by atoms with Gasteiger partial charge in [0.25, 0.3) is 0 Å². The van der Waals surface area contributed by atoms with Crippen molar-refractivity contribution < 1.29 is 4.79 Å². The van der Waals surface area contributed by atoms with E-state index in [2.05, 4.69) is 23.7 Å². The minimum atomic E-state index is 0.592. The molecule has 1 unspecified atom stereocenters. The maximum Gasteiger partial charge on any atom is 0.151 e. The van der Waals surface area contributed by atoms with Crippen LogP contribution in [0.5, 0.6) is 0 Å². The molecule has 0 bridgehead atoms. The molecule has 0 spiro atoms. The lowest BCUT2D eigenvalue weighted by Gasteiger charge is -2.28. The number of carbonyl (C=O) groups is 1. The van der Waals surface area contributed by atoms with Crippen LogP contribution in [0.1, 0.15) is 37.0 Å². The van der Waals surface area contributed by atoms with Crippen molar-refractivity contribution in [2.75, 3.05) is 11.4 Å². The van der Waals surface area contributed by atoms with Gasteiger partial charge in [0.2, 0.25) is 0 Å². The molecule has 0 saturated carbocycles. The number of aromatic nitrogens is 1. The van der Waals surface area contributed by atoms with Crippen LogP contribution in [-0.4, -0.2) is 23.9 Å². The SMILES string of the molecule is CC(C)C1CCCN1c1ccc(C=O)cn1. The lowest BCUT2D eigenvalue weighted by Crippen LogP contribution is -2.33. The van der Waals surface area contributed by atoms with Crippen molar-refractivity contribution in [1.82, 2.24) is 4.98 Å². The van der Waals surface area contributed by atoms with Crippen LogP contribution in [0, 0.1) is 5.92 Å². The summed E-state index contributed by atoms with van der Waals surface area (Å²) in [7, 11) is 0. The molecule has 0 N–H and O–H groups in total. The third kappa shape index (κ3) is 2.08. The van der Waals surface area contributed by atoms with Gasteiger partial charge in [0, 0.05) is 24.3 Å². The highest BCUT2D eigenvalue weighted by Crippen LogP contribution is 2.28. The van der Waals surface area contributed by atoms with Crippen molar-refractivity contribution in [2.24, 2.45) is 5.92 Å². The fourth-order valence-electron chi connectivity index (χ4n) is 2.41. The van der Waals surface area contributed by atoms with Crippen molar-refractivity contribution >= 4 is 12.1 Å². The van der Waals surface area contributed by atoms with Crippen LogP contribution in [0.3, 0.4) is 0 Å². The average Bonchev–Trinajstić information content (AvgIpc) is 2.78. The molecule has 1 aromatic heterocycles. The predicted molar refractivity (Wildman–Crippen MR) is 64.8 cm³/mol. The van der Waals surface area contributed by atoms with E-state index >= 15 is 0 Å². The van der Waals surface area contributed by atoms with Gasteiger partial charge in [0.05, 0.1) is 0 Å². The zero-order valence-electron chi connectivity index (χ0n) is 9.89. The largest absolute Gasteiger partial charge is 0.353 e. The molecule has 0 radical (unpaired) electrons. The Bertz CT molecular complexity index is 359. The number of pyridine rings is 1. The fourth-order valence-corrected chi connectivity index (χ4v) is 2.41. The van der Waals surface area contributed by atoms with E-state index in [1.807, 2.05) is 12.1 Å². The fraction of sp³-hybridized carbons (Fsp3) is 0.538. The van der Waals surface area contributed by atoms with E-state index in [9.17, 15) is 4.79 Å². The standard InChI is InChI=1S/C13H18N2O/c1-10(2)12-4-3-7-15(12)13-6-5-11(9-16)8-14-13/h5-6,8-10,12H,3-4,7H2,1-2H3. The van der Waals surface area contributed by atoms with Crippen LogP contribution in [0.2, 0.25) is 0 Å². The van der Waals surface area contributed by atoms with Crippen molar-refractivity contribution in [3.05, 3.63) is 23.9 Å². The Morgan fingerprint density at radius 1 is 1.50 bits per heavy atom. The molecule has 0 aromatic carbocycles. The highest BCUT2D eigenvalue weighted by atomic mass is 16.1. The normalized spacial score (nSPS) is 20.4. The Labute approximate surface area is 96.5 Å². The topological polar surface area (TPSA) is 33.2 Å². The Morgan fingerprint density at radius 2 is 2.31 bits per heavy atom. The lowest BCUT2D eigenvalue weighted by molar-refractivity contribution is 0.112. The third-order valence-electron chi connectivity index (χ3n) is 3.27. The molecule has 0 aliphatic carbocycles. The van der Waals surface area contributed by atoms with Crippen molar-refractivity contribution in [3.8, 4) is 0 Å². The Balaban J connectivity index is 2.19. The van der Waals surface area contributed by atoms with Crippen LogP contribution in [-0.2, 0) is 0 Å². The lowest BCUT2D eigenvalue weighted by atomic mass is 10.0. The number of nitrogens with zero attached hydrogens (tertiary/aromatic N) is 2. The number of carbonyl (C=O) groups excluding carboxylic acids is 1. The van der Waals surface area contributed by atoms with Gasteiger partial charge in [0.1, 0.15) is 5.82 Å². The van der Waals surface area contributed by atoms with Gasteiger partial charge in [-0.1, -0.05) is 13.8 Å². The highest BCUT2D eigenvalue weighted by molar-refractivity contribution is 5.74. The number of rotatable bonds is 3. The molecule has 3 heteroatoms. The second kappa shape index (κ2) is 4.64. The van der Waals surface area contributed by atoms with Gasteiger partial charge < -0.3 is 4.90 Å². The summed E-state index contributed by atoms with van der Waals surface area (Å²) in [6, 6.07) is 4.38. The third-order valence-corrected chi connectivity index (χ3v) is 3.27. The summed E-state index contributed by atoms with van der Waals surface area (Å²) < 4.78 is 0. The maximum atomic E-state index is 10.6. The van der Waals surface area contributed by atoms with E-state index in [0.717, 1.165) is 18.6 Å². The van der Waals surface area contributed by atoms with Crippen LogP contribution in [0.15, 0.2) is 18.3 Å². The minimum Gasteiger partial charge on any atom is -0.353 e. The monoisotopic (exact) mass is 218 g/mol. The van der Waals surface area contributed by atoms with Crippen LogP contribution < -0.4 is 4.90 Å². The first-order chi connectivity index (χ1) is 7.72.